The first-order valence-electron chi connectivity index (χ1n) is 5.66. The summed E-state index contributed by atoms with van der Waals surface area (Å²) in [6, 6.07) is 11.4. The first kappa shape index (κ1) is 11.8. The first-order chi connectivity index (χ1) is 9.05. The van der Waals surface area contributed by atoms with Gasteiger partial charge in [0.25, 0.3) is 0 Å². The number of H-pyrrole nitrogens is 1. The van der Waals surface area contributed by atoms with Crippen LogP contribution < -0.4 is 0 Å². The largest absolute Gasteiger partial charge is 0.418 e. The molecule has 0 aliphatic carbocycles. The SMILES string of the molecule is FC(F)(F)c1cc(-c2ccccc2)nc2cc[nH]c12. The molecular formula is C14H9F3N2. The van der Waals surface area contributed by atoms with Gasteiger partial charge in [-0.25, -0.2) is 4.98 Å². The maximum absolute atomic E-state index is 13.0. The van der Waals surface area contributed by atoms with Crippen LogP contribution in [0.3, 0.4) is 0 Å². The van der Waals surface area contributed by atoms with Gasteiger partial charge in [0.2, 0.25) is 0 Å². The predicted octanol–water partition coefficient (Wildman–Crippen LogP) is 4.25. The van der Waals surface area contributed by atoms with Crippen LogP contribution in [0.15, 0.2) is 48.7 Å². The molecule has 0 bridgehead atoms. The molecule has 0 saturated carbocycles. The third kappa shape index (κ3) is 2.07. The lowest BCUT2D eigenvalue weighted by atomic mass is 10.1. The summed E-state index contributed by atoms with van der Waals surface area (Å²) in [4.78, 5) is 6.84. The van der Waals surface area contributed by atoms with Crippen molar-refractivity contribution in [2.24, 2.45) is 0 Å². The molecule has 0 fully saturated rings. The molecule has 0 radical (unpaired) electrons. The average Bonchev–Trinajstić information content (AvgIpc) is 2.85. The van der Waals surface area contributed by atoms with Gasteiger partial charge in [-0.2, -0.15) is 13.2 Å². The highest BCUT2D eigenvalue weighted by atomic mass is 19.4. The minimum atomic E-state index is -4.41. The van der Waals surface area contributed by atoms with Crippen molar-refractivity contribution in [3.8, 4) is 11.3 Å². The molecule has 19 heavy (non-hydrogen) atoms. The number of alkyl halides is 3. The van der Waals surface area contributed by atoms with Crippen LogP contribution in [-0.2, 0) is 6.18 Å². The predicted molar refractivity (Wildman–Crippen MR) is 66.5 cm³/mol. The van der Waals surface area contributed by atoms with Gasteiger partial charge in [-0.3, -0.25) is 0 Å². The fourth-order valence-electron chi connectivity index (χ4n) is 2.02. The Morgan fingerprint density at radius 3 is 2.42 bits per heavy atom. The van der Waals surface area contributed by atoms with E-state index in [0.717, 1.165) is 6.07 Å². The monoisotopic (exact) mass is 262 g/mol. The van der Waals surface area contributed by atoms with Gasteiger partial charge in [0.15, 0.2) is 0 Å². The number of hydrogen-bond acceptors (Lipinski definition) is 1. The van der Waals surface area contributed by atoms with Gasteiger partial charge in [-0.1, -0.05) is 30.3 Å². The number of halogens is 3. The molecule has 0 aliphatic heterocycles. The normalized spacial score (nSPS) is 11.9. The molecule has 2 heterocycles. The van der Waals surface area contributed by atoms with E-state index in [9.17, 15) is 13.2 Å². The summed E-state index contributed by atoms with van der Waals surface area (Å²) in [6.07, 6.45) is -2.95. The summed E-state index contributed by atoms with van der Waals surface area (Å²) in [5.74, 6) is 0. The summed E-state index contributed by atoms with van der Waals surface area (Å²) >= 11 is 0. The first-order valence-corrected chi connectivity index (χ1v) is 5.66. The number of pyridine rings is 1. The van der Waals surface area contributed by atoms with Crippen LogP contribution in [0.25, 0.3) is 22.3 Å². The van der Waals surface area contributed by atoms with Crippen molar-refractivity contribution < 1.29 is 13.2 Å². The van der Waals surface area contributed by atoms with E-state index >= 15 is 0 Å². The number of nitrogens with one attached hydrogen (secondary N) is 1. The second-order valence-electron chi connectivity index (χ2n) is 4.16. The quantitative estimate of drug-likeness (QED) is 0.697. The van der Waals surface area contributed by atoms with E-state index < -0.39 is 11.7 Å². The van der Waals surface area contributed by atoms with Gasteiger partial charge in [0.1, 0.15) is 0 Å². The summed E-state index contributed by atoms with van der Waals surface area (Å²) in [5.41, 5.74) is 0.623. The molecule has 1 N–H and O–H groups in total. The minimum Gasteiger partial charge on any atom is -0.359 e. The molecule has 3 aromatic rings. The van der Waals surface area contributed by atoms with E-state index in [0.29, 0.717) is 16.8 Å². The lowest BCUT2D eigenvalue weighted by Crippen LogP contribution is -2.07. The zero-order valence-electron chi connectivity index (χ0n) is 9.70. The van der Waals surface area contributed by atoms with E-state index in [4.69, 9.17) is 0 Å². The number of hydrogen-bond donors (Lipinski definition) is 1. The molecule has 0 amide bonds. The maximum atomic E-state index is 13.0. The lowest BCUT2D eigenvalue weighted by molar-refractivity contribution is -0.136. The summed E-state index contributed by atoms with van der Waals surface area (Å²) in [5, 5.41) is 0. The number of benzene rings is 1. The van der Waals surface area contributed by atoms with E-state index in [-0.39, 0.29) is 5.52 Å². The van der Waals surface area contributed by atoms with Gasteiger partial charge in [-0.15, -0.1) is 0 Å². The Bertz CT molecular complexity index is 714. The van der Waals surface area contributed by atoms with E-state index in [2.05, 4.69) is 9.97 Å². The van der Waals surface area contributed by atoms with Crippen molar-refractivity contribution in [1.29, 1.82) is 0 Å². The van der Waals surface area contributed by atoms with Crippen molar-refractivity contribution in [1.82, 2.24) is 9.97 Å². The zero-order valence-corrected chi connectivity index (χ0v) is 9.70. The lowest BCUT2D eigenvalue weighted by Gasteiger charge is -2.10. The van der Waals surface area contributed by atoms with Crippen LogP contribution in [0.1, 0.15) is 5.56 Å². The fourth-order valence-corrected chi connectivity index (χ4v) is 2.02. The van der Waals surface area contributed by atoms with Crippen molar-refractivity contribution in [3.63, 3.8) is 0 Å². The van der Waals surface area contributed by atoms with Gasteiger partial charge in [0.05, 0.1) is 22.3 Å². The van der Waals surface area contributed by atoms with Crippen LogP contribution in [0.4, 0.5) is 13.2 Å². The number of aromatic nitrogens is 2. The van der Waals surface area contributed by atoms with E-state index in [1.54, 1.807) is 24.3 Å². The average molecular weight is 262 g/mol. The summed E-state index contributed by atoms with van der Waals surface area (Å²) in [6.45, 7) is 0. The molecule has 2 aromatic heterocycles. The number of rotatable bonds is 1. The van der Waals surface area contributed by atoms with Crippen LogP contribution in [0, 0.1) is 0 Å². The second kappa shape index (κ2) is 4.12. The Kier molecular flexibility index (Phi) is 2.55. The molecular weight excluding hydrogens is 253 g/mol. The van der Waals surface area contributed by atoms with E-state index in [1.807, 2.05) is 6.07 Å². The summed E-state index contributed by atoms with van der Waals surface area (Å²) < 4.78 is 39.1. The van der Waals surface area contributed by atoms with Crippen molar-refractivity contribution in [2.75, 3.05) is 0 Å². The van der Waals surface area contributed by atoms with Crippen LogP contribution >= 0.6 is 0 Å². The fraction of sp³-hybridized carbons (Fsp3) is 0.0714. The van der Waals surface area contributed by atoms with Crippen molar-refractivity contribution >= 4 is 11.0 Å². The van der Waals surface area contributed by atoms with Crippen molar-refractivity contribution in [2.45, 2.75) is 6.18 Å². The highest BCUT2D eigenvalue weighted by molar-refractivity contribution is 5.82. The van der Waals surface area contributed by atoms with Gasteiger partial charge in [-0.05, 0) is 12.1 Å². The second-order valence-corrected chi connectivity index (χ2v) is 4.16. The highest BCUT2D eigenvalue weighted by Crippen LogP contribution is 2.35. The Hall–Kier alpha value is -2.30. The summed E-state index contributed by atoms with van der Waals surface area (Å²) in [7, 11) is 0. The van der Waals surface area contributed by atoms with Crippen LogP contribution in [0.2, 0.25) is 0 Å². The highest BCUT2D eigenvalue weighted by Gasteiger charge is 2.34. The maximum Gasteiger partial charge on any atom is 0.418 e. The van der Waals surface area contributed by atoms with Gasteiger partial charge >= 0.3 is 6.18 Å². The molecule has 2 nitrogen and oxygen atoms in total. The standard InChI is InChI=1S/C14H9F3N2/c15-14(16,17)10-8-12(9-4-2-1-3-5-9)19-11-6-7-18-13(10)11/h1-8,18H. The molecule has 0 unspecified atom stereocenters. The Labute approximate surface area is 106 Å². The molecule has 0 atom stereocenters. The molecule has 0 spiro atoms. The molecule has 3 rings (SSSR count). The van der Waals surface area contributed by atoms with Crippen LogP contribution in [-0.4, -0.2) is 9.97 Å². The minimum absolute atomic E-state index is 0.0205. The van der Waals surface area contributed by atoms with Crippen LogP contribution in [0.5, 0.6) is 0 Å². The zero-order chi connectivity index (χ0) is 13.5. The Balaban J connectivity index is 2.28. The third-order valence-electron chi connectivity index (χ3n) is 2.89. The smallest absolute Gasteiger partial charge is 0.359 e. The molecule has 0 aliphatic rings. The third-order valence-corrected chi connectivity index (χ3v) is 2.89. The molecule has 5 heteroatoms. The Morgan fingerprint density at radius 1 is 1.00 bits per heavy atom. The molecule has 1 aromatic carbocycles. The number of nitrogens with zero attached hydrogens (tertiary/aromatic N) is 1. The van der Waals surface area contributed by atoms with Gasteiger partial charge < -0.3 is 4.98 Å². The number of fused-ring (bicyclic) bond motifs is 1. The topological polar surface area (TPSA) is 28.7 Å². The Morgan fingerprint density at radius 2 is 1.74 bits per heavy atom. The number of aromatic amines is 1. The van der Waals surface area contributed by atoms with Gasteiger partial charge in [0, 0.05) is 11.8 Å². The van der Waals surface area contributed by atoms with Crippen molar-refractivity contribution in [3.05, 3.63) is 54.2 Å². The molecule has 0 saturated heterocycles. The van der Waals surface area contributed by atoms with E-state index in [1.165, 1.54) is 12.3 Å². The molecule has 96 valence electrons.